The zero-order valence-electron chi connectivity index (χ0n) is 52.9. The molecule has 7 atom stereocenters. The van der Waals surface area contributed by atoms with Crippen LogP contribution in [0.2, 0.25) is 0 Å². The molecule has 1 heterocycles. The number of ether oxygens (including phenoxy) is 3. The molecular formula is C71H129NO10. The average Bonchev–Trinajstić information content (AvgIpc) is 3.58. The third kappa shape index (κ3) is 48.6. The molecule has 0 bridgehead atoms. The average molecular weight is 1160 g/mol. The largest absolute Gasteiger partial charge is 0.466 e. The lowest BCUT2D eigenvalue weighted by atomic mass is 9.99. The van der Waals surface area contributed by atoms with Crippen LogP contribution in [0.4, 0.5) is 0 Å². The van der Waals surface area contributed by atoms with Crippen molar-refractivity contribution in [1.82, 2.24) is 5.32 Å². The van der Waals surface area contributed by atoms with Gasteiger partial charge < -0.3 is 45.1 Å². The smallest absolute Gasteiger partial charge is 0.305 e. The van der Waals surface area contributed by atoms with Crippen LogP contribution in [0.25, 0.3) is 0 Å². The van der Waals surface area contributed by atoms with E-state index in [4.69, 9.17) is 14.2 Å². The van der Waals surface area contributed by atoms with Crippen LogP contribution in [0.1, 0.15) is 316 Å². The van der Waals surface area contributed by atoms with Gasteiger partial charge in [-0.15, -0.1) is 0 Å². The van der Waals surface area contributed by atoms with Crippen molar-refractivity contribution in [2.24, 2.45) is 0 Å². The first kappa shape index (κ1) is 77.4. The molecule has 82 heavy (non-hydrogen) atoms. The number of aliphatic hydroxyl groups is 5. The highest BCUT2D eigenvalue weighted by Gasteiger charge is 2.44. The van der Waals surface area contributed by atoms with Gasteiger partial charge in [0, 0.05) is 12.8 Å². The summed E-state index contributed by atoms with van der Waals surface area (Å²) in [5.41, 5.74) is 0. The van der Waals surface area contributed by atoms with Crippen molar-refractivity contribution in [3.63, 3.8) is 0 Å². The Bertz CT molecular complexity index is 1550. The molecule has 478 valence electrons. The molecule has 1 saturated heterocycles. The standard InChI is InChI=1S/C71H129NO10/c1-3-5-7-9-11-13-14-15-36-39-43-47-51-55-59-67(76)80-60-56-52-48-44-40-37-34-32-30-28-26-24-22-20-18-16-17-19-21-23-25-27-29-31-33-35-38-42-46-50-54-58-66(75)72-63(64(74)57-53-49-45-41-12-10-8-6-4-2)62-81-71-70(79)69(78)68(77)65(61-73)82-71/h12,14-15,18,20,24,26,41,53,57,63-65,68-71,73-74,77-79H,3-11,13,16-17,19,21-23,25,27-40,42-52,54-56,58-62H2,1-2H3,(H,72,75)/b15-14-,20-18-,26-24-,41-12+,57-53+. The molecule has 11 heteroatoms. The Kier molecular flexibility index (Phi) is 56.7. The normalized spacial score (nSPS) is 18.5. The van der Waals surface area contributed by atoms with Crippen LogP contribution in [0, 0.1) is 0 Å². The van der Waals surface area contributed by atoms with Crippen LogP contribution in [-0.4, -0.2) is 100 Å². The molecule has 6 N–H and O–H groups in total. The number of rotatable bonds is 60. The van der Waals surface area contributed by atoms with Crippen molar-refractivity contribution in [3.8, 4) is 0 Å². The van der Waals surface area contributed by atoms with E-state index < -0.39 is 49.5 Å². The third-order valence-electron chi connectivity index (χ3n) is 16.1. The monoisotopic (exact) mass is 1160 g/mol. The van der Waals surface area contributed by atoms with E-state index in [-0.39, 0.29) is 18.5 Å². The summed E-state index contributed by atoms with van der Waals surface area (Å²) in [5, 5.41) is 54.2. The molecule has 1 amide bonds. The summed E-state index contributed by atoms with van der Waals surface area (Å²) >= 11 is 0. The highest BCUT2D eigenvalue weighted by atomic mass is 16.7. The number of esters is 1. The number of hydrogen-bond donors (Lipinski definition) is 6. The van der Waals surface area contributed by atoms with Crippen molar-refractivity contribution in [3.05, 3.63) is 60.8 Å². The second-order valence-electron chi connectivity index (χ2n) is 23.9. The van der Waals surface area contributed by atoms with Crippen molar-refractivity contribution in [2.75, 3.05) is 19.8 Å². The van der Waals surface area contributed by atoms with Crippen LogP contribution in [0.5, 0.6) is 0 Å². The molecule has 0 aromatic carbocycles. The fourth-order valence-corrected chi connectivity index (χ4v) is 10.6. The van der Waals surface area contributed by atoms with E-state index in [1.807, 2.05) is 6.08 Å². The Morgan fingerprint density at radius 2 is 0.829 bits per heavy atom. The lowest BCUT2D eigenvalue weighted by Crippen LogP contribution is -2.60. The van der Waals surface area contributed by atoms with Gasteiger partial charge in [0.25, 0.3) is 0 Å². The fraction of sp³-hybridized carbons (Fsp3) is 0.831. The highest BCUT2D eigenvalue weighted by Crippen LogP contribution is 2.23. The van der Waals surface area contributed by atoms with Crippen molar-refractivity contribution in [1.29, 1.82) is 0 Å². The van der Waals surface area contributed by atoms with Crippen LogP contribution < -0.4 is 5.32 Å². The van der Waals surface area contributed by atoms with E-state index in [9.17, 15) is 35.1 Å². The quantitative estimate of drug-likeness (QED) is 0.0195. The number of hydrogen-bond acceptors (Lipinski definition) is 10. The molecule has 1 fully saturated rings. The Morgan fingerprint density at radius 3 is 1.30 bits per heavy atom. The van der Waals surface area contributed by atoms with Crippen LogP contribution in [-0.2, 0) is 23.8 Å². The maximum absolute atomic E-state index is 13.0. The third-order valence-corrected chi connectivity index (χ3v) is 16.1. The van der Waals surface area contributed by atoms with E-state index in [0.29, 0.717) is 19.4 Å². The predicted octanol–water partition coefficient (Wildman–Crippen LogP) is 17.3. The van der Waals surface area contributed by atoms with Crippen molar-refractivity contribution < 1.29 is 49.3 Å². The molecule has 0 radical (unpaired) electrons. The van der Waals surface area contributed by atoms with Crippen LogP contribution in [0.15, 0.2) is 60.8 Å². The summed E-state index contributed by atoms with van der Waals surface area (Å²) in [6, 6.07) is -0.827. The Labute approximate surface area is 503 Å². The van der Waals surface area contributed by atoms with E-state index in [1.54, 1.807) is 6.08 Å². The van der Waals surface area contributed by atoms with Gasteiger partial charge in [-0.05, 0) is 103 Å². The molecule has 0 aromatic heterocycles. The van der Waals surface area contributed by atoms with Gasteiger partial charge in [-0.3, -0.25) is 9.59 Å². The van der Waals surface area contributed by atoms with Gasteiger partial charge in [0.05, 0.1) is 32.0 Å². The van der Waals surface area contributed by atoms with E-state index in [2.05, 4.69) is 67.8 Å². The van der Waals surface area contributed by atoms with Gasteiger partial charge in [-0.1, -0.05) is 261 Å². The lowest BCUT2D eigenvalue weighted by Gasteiger charge is -2.40. The van der Waals surface area contributed by atoms with Gasteiger partial charge in [-0.2, -0.15) is 0 Å². The summed E-state index contributed by atoms with van der Waals surface area (Å²) < 4.78 is 16.7. The minimum absolute atomic E-state index is 0.00394. The Balaban J connectivity index is 1.94. The fourth-order valence-electron chi connectivity index (χ4n) is 10.6. The topological polar surface area (TPSA) is 175 Å². The Hall–Kier alpha value is -2.64. The maximum Gasteiger partial charge on any atom is 0.305 e. The first-order chi connectivity index (χ1) is 40.2. The predicted molar refractivity (Wildman–Crippen MR) is 343 cm³/mol. The minimum atomic E-state index is -1.58. The number of carbonyl (C=O) groups excluding carboxylic acids is 2. The molecule has 1 aliphatic rings. The molecule has 11 nitrogen and oxygen atoms in total. The summed E-state index contributed by atoms with van der Waals surface area (Å²) in [6.45, 7) is 4.28. The molecule has 7 unspecified atom stereocenters. The zero-order valence-corrected chi connectivity index (χ0v) is 52.9. The summed E-state index contributed by atoms with van der Waals surface area (Å²) in [4.78, 5) is 25.1. The van der Waals surface area contributed by atoms with Gasteiger partial charge in [0.2, 0.25) is 5.91 Å². The van der Waals surface area contributed by atoms with Gasteiger partial charge in [-0.25, -0.2) is 0 Å². The van der Waals surface area contributed by atoms with Gasteiger partial charge in [0.1, 0.15) is 24.4 Å². The first-order valence-electron chi connectivity index (χ1n) is 34.6. The number of carbonyl (C=O) groups is 2. The summed E-state index contributed by atoms with van der Waals surface area (Å²) in [7, 11) is 0. The molecule has 0 aromatic rings. The van der Waals surface area contributed by atoms with Gasteiger partial charge >= 0.3 is 5.97 Å². The van der Waals surface area contributed by atoms with E-state index in [1.165, 1.54) is 225 Å². The lowest BCUT2D eigenvalue weighted by molar-refractivity contribution is -0.302. The van der Waals surface area contributed by atoms with Crippen LogP contribution in [0.3, 0.4) is 0 Å². The van der Waals surface area contributed by atoms with Gasteiger partial charge in [0.15, 0.2) is 6.29 Å². The first-order valence-corrected chi connectivity index (χ1v) is 34.6. The number of unbranched alkanes of at least 4 members (excludes halogenated alkanes) is 38. The highest BCUT2D eigenvalue weighted by molar-refractivity contribution is 5.76. The number of aliphatic hydroxyl groups excluding tert-OH is 5. The second-order valence-corrected chi connectivity index (χ2v) is 23.9. The molecule has 1 rings (SSSR count). The molecular weight excluding hydrogens is 1030 g/mol. The molecule has 0 spiro atoms. The number of allylic oxidation sites excluding steroid dienone is 9. The molecule has 0 saturated carbocycles. The van der Waals surface area contributed by atoms with E-state index >= 15 is 0 Å². The second kappa shape index (κ2) is 60.1. The van der Waals surface area contributed by atoms with E-state index in [0.717, 1.165) is 64.2 Å². The summed E-state index contributed by atoms with van der Waals surface area (Å²) in [6.07, 6.45) is 69.5. The maximum atomic E-state index is 13.0. The van der Waals surface area contributed by atoms with Crippen molar-refractivity contribution in [2.45, 2.75) is 358 Å². The minimum Gasteiger partial charge on any atom is -0.466 e. The van der Waals surface area contributed by atoms with Crippen LogP contribution >= 0.6 is 0 Å². The Morgan fingerprint density at radius 1 is 0.451 bits per heavy atom. The summed E-state index contributed by atoms with van der Waals surface area (Å²) in [5.74, 6) is -0.198. The SMILES string of the molecule is CCCCC/C=C/CC/C=C/C(O)C(COC1OC(CO)C(O)C(O)C1O)NC(=O)CCCCCCCCCCCCCCCCC/C=C\C/C=C\CCCCCCCCCCCOC(=O)CCCCCCC/C=C\CCCCCCC. The molecule has 0 aliphatic carbocycles. The number of amides is 1. The molecule has 1 aliphatic heterocycles. The zero-order chi connectivity index (χ0) is 59.5. The van der Waals surface area contributed by atoms with Crippen molar-refractivity contribution >= 4 is 11.9 Å². The number of nitrogens with one attached hydrogen (secondary N) is 1.